The van der Waals surface area contributed by atoms with E-state index in [0.29, 0.717) is 35.9 Å². The first-order chi connectivity index (χ1) is 14.0. The molecule has 0 atom stereocenters. The zero-order valence-electron chi connectivity index (χ0n) is 15.3. The summed E-state index contributed by atoms with van der Waals surface area (Å²) in [6, 6.07) is 8.18. The molecule has 0 fully saturated rings. The second-order valence-electron chi connectivity index (χ2n) is 6.07. The van der Waals surface area contributed by atoms with Crippen LogP contribution < -0.4 is 16.2 Å². The number of thiazole rings is 1. The van der Waals surface area contributed by atoms with Crippen LogP contribution in [0.5, 0.6) is 0 Å². The Morgan fingerprint density at radius 1 is 1.17 bits per heavy atom. The number of benzene rings is 1. The van der Waals surface area contributed by atoms with Crippen LogP contribution in [-0.2, 0) is 17.8 Å². The molecule has 0 aliphatic carbocycles. The summed E-state index contributed by atoms with van der Waals surface area (Å²) in [5.74, 6) is -1.03. The molecule has 2 amide bonds. The van der Waals surface area contributed by atoms with Crippen LogP contribution in [-0.4, -0.2) is 33.1 Å². The number of aromatic nitrogens is 3. The van der Waals surface area contributed by atoms with E-state index >= 15 is 0 Å². The fraction of sp³-hybridized carbons (Fsp3) is 0.211. The van der Waals surface area contributed by atoms with Crippen molar-refractivity contribution in [3.63, 3.8) is 0 Å². The number of nitrogens with zero attached hydrogens (tertiary/aromatic N) is 3. The van der Waals surface area contributed by atoms with E-state index in [1.165, 1.54) is 52.5 Å². The molecule has 0 saturated carbocycles. The Labute approximate surface area is 169 Å². The van der Waals surface area contributed by atoms with Gasteiger partial charge in [-0.3, -0.25) is 19.7 Å². The summed E-state index contributed by atoms with van der Waals surface area (Å²) in [7, 11) is 0. The molecule has 3 aromatic rings. The fourth-order valence-corrected chi connectivity index (χ4v) is 3.16. The first-order valence-corrected chi connectivity index (χ1v) is 9.69. The molecule has 10 heteroatoms. The molecule has 0 aliphatic heterocycles. The lowest BCUT2D eigenvalue weighted by molar-refractivity contribution is -0.120. The van der Waals surface area contributed by atoms with Crippen molar-refractivity contribution in [1.82, 2.24) is 20.1 Å². The maximum Gasteiger partial charge on any atom is 0.266 e. The fourth-order valence-electron chi connectivity index (χ4n) is 2.45. The van der Waals surface area contributed by atoms with E-state index in [4.69, 9.17) is 0 Å². The Hall–Kier alpha value is -3.40. The number of carbonyl (C=O) groups is 2. The molecule has 0 aliphatic rings. The van der Waals surface area contributed by atoms with Crippen molar-refractivity contribution in [2.75, 3.05) is 11.9 Å². The molecule has 0 radical (unpaired) electrons. The number of carbonyl (C=O) groups excluding carboxylic acids is 2. The summed E-state index contributed by atoms with van der Waals surface area (Å²) in [6.07, 6.45) is 2.18. The van der Waals surface area contributed by atoms with Crippen molar-refractivity contribution in [2.24, 2.45) is 0 Å². The minimum absolute atomic E-state index is 0.0758. The number of rotatable bonds is 8. The number of halogens is 1. The summed E-state index contributed by atoms with van der Waals surface area (Å²) in [5, 5.41) is 11.4. The highest BCUT2D eigenvalue weighted by Gasteiger charge is 2.11. The number of anilines is 1. The van der Waals surface area contributed by atoms with Gasteiger partial charge < -0.3 is 5.32 Å². The molecule has 1 aromatic carbocycles. The SMILES string of the molecule is O=C(Cc1csc(NC(=O)c2ccc(F)cc2)n1)NCCCn1ncccc1=O. The zero-order valence-corrected chi connectivity index (χ0v) is 16.1. The lowest BCUT2D eigenvalue weighted by Crippen LogP contribution is -2.28. The first kappa shape index (κ1) is 20.3. The van der Waals surface area contributed by atoms with Crippen molar-refractivity contribution in [1.29, 1.82) is 0 Å². The quantitative estimate of drug-likeness (QED) is 0.546. The average molecular weight is 415 g/mol. The third kappa shape index (κ3) is 6.04. The van der Waals surface area contributed by atoms with Gasteiger partial charge in [0.15, 0.2) is 5.13 Å². The topological polar surface area (TPSA) is 106 Å². The Kier molecular flexibility index (Phi) is 6.80. The summed E-state index contributed by atoms with van der Waals surface area (Å²) in [5.41, 5.74) is 0.660. The first-order valence-electron chi connectivity index (χ1n) is 8.81. The van der Waals surface area contributed by atoms with Gasteiger partial charge in [-0.15, -0.1) is 11.3 Å². The van der Waals surface area contributed by atoms with Crippen molar-refractivity contribution in [2.45, 2.75) is 19.4 Å². The van der Waals surface area contributed by atoms with Gasteiger partial charge in [-0.25, -0.2) is 14.1 Å². The van der Waals surface area contributed by atoms with Gasteiger partial charge in [-0.05, 0) is 36.8 Å². The van der Waals surface area contributed by atoms with Crippen molar-refractivity contribution in [3.8, 4) is 0 Å². The molecule has 2 aromatic heterocycles. The lowest BCUT2D eigenvalue weighted by Gasteiger charge is -2.05. The maximum atomic E-state index is 12.9. The van der Waals surface area contributed by atoms with Crippen LogP contribution in [0.1, 0.15) is 22.5 Å². The van der Waals surface area contributed by atoms with Gasteiger partial charge in [0.05, 0.1) is 12.1 Å². The number of hydrogen-bond acceptors (Lipinski definition) is 6. The molecule has 150 valence electrons. The summed E-state index contributed by atoms with van der Waals surface area (Å²) >= 11 is 1.20. The number of hydrogen-bond donors (Lipinski definition) is 2. The van der Waals surface area contributed by atoms with Crippen LogP contribution in [0.4, 0.5) is 9.52 Å². The molecule has 3 rings (SSSR count). The van der Waals surface area contributed by atoms with E-state index in [2.05, 4.69) is 20.7 Å². The molecule has 0 spiro atoms. The zero-order chi connectivity index (χ0) is 20.6. The van der Waals surface area contributed by atoms with E-state index in [-0.39, 0.29) is 17.9 Å². The van der Waals surface area contributed by atoms with E-state index in [0.717, 1.165) is 0 Å². The number of aryl methyl sites for hydroxylation is 1. The Bertz CT molecular complexity index is 1050. The van der Waals surface area contributed by atoms with Gasteiger partial charge in [0, 0.05) is 36.3 Å². The highest BCUT2D eigenvalue weighted by Crippen LogP contribution is 2.17. The third-order valence-electron chi connectivity index (χ3n) is 3.87. The monoisotopic (exact) mass is 415 g/mol. The Balaban J connectivity index is 1.42. The van der Waals surface area contributed by atoms with Crippen molar-refractivity contribution >= 4 is 28.3 Å². The largest absolute Gasteiger partial charge is 0.356 e. The second kappa shape index (κ2) is 9.69. The lowest BCUT2D eigenvalue weighted by atomic mass is 10.2. The van der Waals surface area contributed by atoms with E-state index in [1.807, 2.05) is 0 Å². The predicted molar refractivity (Wildman–Crippen MR) is 106 cm³/mol. The van der Waals surface area contributed by atoms with Crippen LogP contribution in [0.3, 0.4) is 0 Å². The minimum atomic E-state index is -0.420. The van der Waals surface area contributed by atoms with Gasteiger partial charge in [0.2, 0.25) is 5.91 Å². The van der Waals surface area contributed by atoms with Crippen molar-refractivity contribution in [3.05, 3.63) is 75.4 Å². The number of nitrogens with one attached hydrogen (secondary N) is 2. The summed E-state index contributed by atoms with van der Waals surface area (Å²) in [6.45, 7) is 0.816. The molecule has 0 saturated heterocycles. The van der Waals surface area contributed by atoms with Crippen LogP contribution in [0.25, 0.3) is 0 Å². The molecule has 0 bridgehead atoms. The van der Waals surface area contributed by atoms with Crippen molar-refractivity contribution < 1.29 is 14.0 Å². The smallest absolute Gasteiger partial charge is 0.266 e. The standard InChI is InChI=1S/C19H18FN5O3S/c20-14-6-4-13(5-7-14)18(28)24-19-23-15(12-29-19)11-16(26)21-8-2-10-25-17(27)3-1-9-22-25/h1,3-7,9,12H,2,8,10-11H2,(H,21,26)(H,23,24,28). The van der Waals surface area contributed by atoms with Gasteiger partial charge in [0.1, 0.15) is 5.82 Å². The molecule has 8 nitrogen and oxygen atoms in total. The molecule has 29 heavy (non-hydrogen) atoms. The molecule has 0 unspecified atom stereocenters. The van der Waals surface area contributed by atoms with Gasteiger partial charge >= 0.3 is 0 Å². The maximum absolute atomic E-state index is 12.9. The van der Waals surface area contributed by atoms with Crippen LogP contribution >= 0.6 is 11.3 Å². The summed E-state index contributed by atoms with van der Waals surface area (Å²) in [4.78, 5) is 39.9. The van der Waals surface area contributed by atoms with Gasteiger partial charge in [0.25, 0.3) is 11.5 Å². The molecule has 2 N–H and O–H groups in total. The summed E-state index contributed by atoms with van der Waals surface area (Å²) < 4.78 is 14.3. The molecular formula is C19H18FN5O3S. The minimum Gasteiger partial charge on any atom is -0.356 e. The van der Waals surface area contributed by atoms with Gasteiger partial charge in [-0.2, -0.15) is 5.10 Å². The highest BCUT2D eigenvalue weighted by molar-refractivity contribution is 7.14. The third-order valence-corrected chi connectivity index (χ3v) is 4.68. The van der Waals surface area contributed by atoms with Crippen LogP contribution in [0.15, 0.2) is 52.8 Å². The normalized spacial score (nSPS) is 10.5. The van der Waals surface area contributed by atoms with Crippen LogP contribution in [0, 0.1) is 5.82 Å². The average Bonchev–Trinajstić information content (AvgIpc) is 3.13. The van der Waals surface area contributed by atoms with E-state index in [1.54, 1.807) is 11.4 Å². The van der Waals surface area contributed by atoms with E-state index in [9.17, 15) is 18.8 Å². The highest BCUT2D eigenvalue weighted by atomic mass is 32.1. The number of amides is 2. The van der Waals surface area contributed by atoms with E-state index < -0.39 is 11.7 Å². The second-order valence-corrected chi connectivity index (χ2v) is 6.93. The van der Waals surface area contributed by atoms with Gasteiger partial charge in [-0.1, -0.05) is 0 Å². The molecular weight excluding hydrogens is 397 g/mol. The van der Waals surface area contributed by atoms with Crippen LogP contribution in [0.2, 0.25) is 0 Å². The molecule has 2 heterocycles. The Morgan fingerprint density at radius 2 is 1.97 bits per heavy atom. The predicted octanol–water partition coefficient (Wildman–Crippen LogP) is 1.84. The Morgan fingerprint density at radius 3 is 2.72 bits per heavy atom.